The highest BCUT2D eigenvalue weighted by Crippen LogP contribution is 2.10. The van der Waals surface area contributed by atoms with Gasteiger partial charge in [0.1, 0.15) is 0 Å². The van der Waals surface area contributed by atoms with Crippen LogP contribution >= 0.6 is 12.4 Å². The van der Waals surface area contributed by atoms with Gasteiger partial charge in [0.2, 0.25) is 0 Å². The van der Waals surface area contributed by atoms with Gasteiger partial charge in [-0.1, -0.05) is 24.3 Å². The molecule has 3 nitrogen and oxygen atoms in total. The standard InChI is InChI=1S/C10H13NO2.ClH/c1-7(11)9-4-2-8(3-5-9)6-10(12)13;/h2-5,7H,6,11H2,1H3,(H,12,13);1H. The fraction of sp³-hybridized carbons (Fsp3) is 0.300. The fourth-order valence-electron chi connectivity index (χ4n) is 1.11. The summed E-state index contributed by atoms with van der Waals surface area (Å²) in [6.45, 7) is 1.90. The number of hydrogen-bond donors (Lipinski definition) is 2. The molecule has 0 fully saturated rings. The molecule has 0 aliphatic rings. The van der Waals surface area contributed by atoms with Crippen molar-refractivity contribution in [3.8, 4) is 0 Å². The van der Waals surface area contributed by atoms with Gasteiger partial charge >= 0.3 is 5.97 Å². The molecule has 1 unspecified atom stereocenters. The van der Waals surface area contributed by atoms with Crippen LogP contribution in [0.3, 0.4) is 0 Å². The van der Waals surface area contributed by atoms with Crippen LogP contribution in [0.2, 0.25) is 0 Å². The molecule has 0 heterocycles. The maximum absolute atomic E-state index is 10.4. The highest BCUT2D eigenvalue weighted by molar-refractivity contribution is 5.85. The Morgan fingerprint density at radius 3 is 2.29 bits per heavy atom. The van der Waals surface area contributed by atoms with Crippen molar-refractivity contribution in [1.29, 1.82) is 0 Å². The average molecular weight is 216 g/mol. The minimum absolute atomic E-state index is 0. The molecule has 0 bridgehead atoms. The molecule has 1 atom stereocenters. The highest BCUT2D eigenvalue weighted by Gasteiger charge is 2.01. The quantitative estimate of drug-likeness (QED) is 0.808. The van der Waals surface area contributed by atoms with Crippen LogP contribution in [0.15, 0.2) is 24.3 Å². The summed E-state index contributed by atoms with van der Waals surface area (Å²) >= 11 is 0. The Bertz CT molecular complexity index is 295. The molecular formula is C10H14ClNO2. The van der Waals surface area contributed by atoms with E-state index in [1.54, 1.807) is 12.1 Å². The summed E-state index contributed by atoms with van der Waals surface area (Å²) in [5.41, 5.74) is 7.47. The van der Waals surface area contributed by atoms with E-state index in [1.807, 2.05) is 19.1 Å². The van der Waals surface area contributed by atoms with E-state index in [-0.39, 0.29) is 24.9 Å². The molecule has 0 spiro atoms. The Morgan fingerprint density at radius 2 is 1.93 bits per heavy atom. The monoisotopic (exact) mass is 215 g/mol. The van der Waals surface area contributed by atoms with Crippen LogP contribution in [0.5, 0.6) is 0 Å². The van der Waals surface area contributed by atoms with E-state index in [2.05, 4.69) is 0 Å². The minimum Gasteiger partial charge on any atom is -0.481 e. The minimum atomic E-state index is -0.812. The molecule has 0 radical (unpaired) electrons. The molecular weight excluding hydrogens is 202 g/mol. The number of benzene rings is 1. The van der Waals surface area contributed by atoms with Gasteiger partial charge in [0.25, 0.3) is 0 Å². The maximum atomic E-state index is 10.4. The van der Waals surface area contributed by atoms with Gasteiger partial charge in [-0.15, -0.1) is 12.4 Å². The van der Waals surface area contributed by atoms with Crippen molar-refractivity contribution in [2.45, 2.75) is 19.4 Å². The molecule has 1 rings (SSSR count). The largest absolute Gasteiger partial charge is 0.481 e. The van der Waals surface area contributed by atoms with Crippen LogP contribution in [0, 0.1) is 0 Å². The highest BCUT2D eigenvalue weighted by atomic mass is 35.5. The number of hydrogen-bond acceptors (Lipinski definition) is 2. The summed E-state index contributed by atoms with van der Waals surface area (Å²) in [6.07, 6.45) is 0.0687. The lowest BCUT2D eigenvalue weighted by Crippen LogP contribution is -2.05. The second kappa shape index (κ2) is 5.62. The van der Waals surface area contributed by atoms with Gasteiger partial charge in [-0.2, -0.15) is 0 Å². The van der Waals surface area contributed by atoms with Gasteiger partial charge in [0, 0.05) is 6.04 Å². The summed E-state index contributed by atoms with van der Waals surface area (Å²) in [4.78, 5) is 10.4. The zero-order valence-corrected chi connectivity index (χ0v) is 8.75. The normalized spacial score (nSPS) is 11.6. The number of nitrogens with two attached hydrogens (primary N) is 1. The molecule has 0 saturated carbocycles. The van der Waals surface area contributed by atoms with Crippen molar-refractivity contribution in [3.63, 3.8) is 0 Å². The number of aliphatic carboxylic acids is 1. The van der Waals surface area contributed by atoms with E-state index in [4.69, 9.17) is 10.8 Å². The molecule has 0 aliphatic carbocycles. The molecule has 0 aromatic heterocycles. The van der Waals surface area contributed by atoms with Gasteiger partial charge in [-0.25, -0.2) is 0 Å². The second-order valence-corrected chi connectivity index (χ2v) is 3.10. The molecule has 14 heavy (non-hydrogen) atoms. The van der Waals surface area contributed by atoms with Crippen molar-refractivity contribution < 1.29 is 9.90 Å². The molecule has 78 valence electrons. The average Bonchev–Trinajstić information content (AvgIpc) is 2.04. The summed E-state index contributed by atoms with van der Waals surface area (Å²) in [5, 5.41) is 8.52. The molecule has 4 heteroatoms. The van der Waals surface area contributed by atoms with Crippen LogP contribution in [0.25, 0.3) is 0 Å². The predicted octanol–water partition coefficient (Wildman–Crippen LogP) is 1.76. The SMILES string of the molecule is CC(N)c1ccc(CC(=O)O)cc1.Cl. The Morgan fingerprint density at radius 1 is 1.43 bits per heavy atom. The zero-order chi connectivity index (χ0) is 9.84. The Kier molecular flexibility index (Phi) is 5.20. The Balaban J connectivity index is 0.00000169. The Hall–Kier alpha value is -1.06. The predicted molar refractivity (Wildman–Crippen MR) is 57.6 cm³/mol. The van der Waals surface area contributed by atoms with Crippen LogP contribution in [0.4, 0.5) is 0 Å². The summed E-state index contributed by atoms with van der Waals surface area (Å²) in [6, 6.07) is 7.32. The number of halogens is 1. The van der Waals surface area contributed by atoms with Crippen molar-refractivity contribution >= 4 is 18.4 Å². The van der Waals surface area contributed by atoms with Gasteiger partial charge in [0.05, 0.1) is 6.42 Å². The van der Waals surface area contributed by atoms with E-state index < -0.39 is 5.97 Å². The number of carboxylic acid groups (broad SMARTS) is 1. The number of carbonyl (C=O) groups is 1. The Labute approximate surface area is 89.3 Å². The van der Waals surface area contributed by atoms with E-state index in [0.29, 0.717) is 0 Å². The molecule has 3 N–H and O–H groups in total. The van der Waals surface area contributed by atoms with Gasteiger partial charge in [-0.05, 0) is 18.1 Å². The fourth-order valence-corrected chi connectivity index (χ4v) is 1.11. The zero-order valence-electron chi connectivity index (χ0n) is 7.93. The summed E-state index contributed by atoms with van der Waals surface area (Å²) < 4.78 is 0. The second-order valence-electron chi connectivity index (χ2n) is 3.10. The van der Waals surface area contributed by atoms with Gasteiger partial charge < -0.3 is 10.8 Å². The lowest BCUT2D eigenvalue weighted by Gasteiger charge is -2.05. The van der Waals surface area contributed by atoms with Gasteiger partial charge in [0.15, 0.2) is 0 Å². The van der Waals surface area contributed by atoms with Crippen molar-refractivity contribution in [2.24, 2.45) is 5.73 Å². The maximum Gasteiger partial charge on any atom is 0.307 e. The van der Waals surface area contributed by atoms with Gasteiger partial charge in [-0.3, -0.25) is 4.79 Å². The first-order chi connectivity index (χ1) is 6.09. The first-order valence-electron chi connectivity index (χ1n) is 4.16. The van der Waals surface area contributed by atoms with Crippen molar-refractivity contribution in [2.75, 3.05) is 0 Å². The van der Waals surface area contributed by atoms with Crippen molar-refractivity contribution in [1.82, 2.24) is 0 Å². The van der Waals surface area contributed by atoms with Crippen LogP contribution in [-0.2, 0) is 11.2 Å². The van der Waals surface area contributed by atoms with E-state index in [1.165, 1.54) is 0 Å². The third-order valence-electron chi connectivity index (χ3n) is 1.86. The lowest BCUT2D eigenvalue weighted by molar-refractivity contribution is -0.136. The molecule has 0 amide bonds. The van der Waals surface area contributed by atoms with Crippen LogP contribution < -0.4 is 5.73 Å². The summed E-state index contributed by atoms with van der Waals surface area (Å²) in [5.74, 6) is -0.812. The van der Waals surface area contributed by atoms with Crippen molar-refractivity contribution in [3.05, 3.63) is 35.4 Å². The van der Waals surface area contributed by atoms with E-state index >= 15 is 0 Å². The molecule has 0 saturated heterocycles. The molecule has 1 aromatic rings. The molecule has 1 aromatic carbocycles. The van der Waals surface area contributed by atoms with E-state index in [0.717, 1.165) is 11.1 Å². The third-order valence-corrected chi connectivity index (χ3v) is 1.86. The van der Waals surface area contributed by atoms with E-state index in [9.17, 15) is 4.79 Å². The van der Waals surface area contributed by atoms with Crippen LogP contribution in [0.1, 0.15) is 24.1 Å². The molecule has 0 aliphatic heterocycles. The first-order valence-corrected chi connectivity index (χ1v) is 4.16. The number of carboxylic acids is 1. The summed E-state index contributed by atoms with van der Waals surface area (Å²) in [7, 11) is 0. The smallest absolute Gasteiger partial charge is 0.307 e. The third kappa shape index (κ3) is 3.77. The first kappa shape index (κ1) is 12.9. The number of rotatable bonds is 3. The lowest BCUT2D eigenvalue weighted by atomic mass is 10.1. The topological polar surface area (TPSA) is 63.3 Å². The van der Waals surface area contributed by atoms with Crippen LogP contribution in [-0.4, -0.2) is 11.1 Å².